The van der Waals surface area contributed by atoms with Crippen LogP contribution in [0.1, 0.15) is 75.4 Å². The van der Waals surface area contributed by atoms with Crippen LogP contribution < -0.4 is 26.2 Å². The summed E-state index contributed by atoms with van der Waals surface area (Å²) in [4.78, 5) is 49.2. The number of carbonyl (C=O) groups excluding carboxylic acids is 2. The van der Waals surface area contributed by atoms with Crippen LogP contribution >= 0.6 is 11.8 Å². The number of carbonyl (C=O) groups is 2. The highest BCUT2D eigenvalue weighted by Crippen LogP contribution is 2.48. The first-order valence-electron chi connectivity index (χ1n) is 19.8. The quantitative estimate of drug-likeness (QED) is 0.0419. The molecule has 58 heavy (non-hydrogen) atoms. The molecule has 306 valence electrons. The number of hydrogen-bond acceptors (Lipinski definition) is 13. The van der Waals surface area contributed by atoms with Gasteiger partial charge in [-0.2, -0.15) is 4.98 Å². The summed E-state index contributed by atoms with van der Waals surface area (Å²) in [5.74, 6) is -1.03. The predicted octanol–water partition coefficient (Wildman–Crippen LogP) is 5.86. The lowest BCUT2D eigenvalue weighted by atomic mass is 9.80. The summed E-state index contributed by atoms with van der Waals surface area (Å²) in [5.41, 5.74) is 1.63. The molecular weight excluding hydrogens is 759 g/mol. The second-order valence-electron chi connectivity index (χ2n) is 14.5. The Kier molecular flexibility index (Phi) is 12.5. The number of esters is 2. The Morgan fingerprint density at radius 2 is 1.41 bits per heavy atom. The van der Waals surface area contributed by atoms with Crippen molar-refractivity contribution in [1.82, 2.24) is 29.7 Å². The molecule has 3 aromatic carbocycles. The van der Waals surface area contributed by atoms with Gasteiger partial charge in [-0.25, -0.2) is 9.55 Å². The van der Waals surface area contributed by atoms with Gasteiger partial charge in [0.05, 0.1) is 25.3 Å². The molecule has 2 aliphatic rings. The van der Waals surface area contributed by atoms with Crippen molar-refractivity contribution in [1.29, 1.82) is 0 Å². The third-order valence-electron chi connectivity index (χ3n) is 10.5. The molecule has 0 bridgehead atoms. The molecule has 0 radical (unpaired) electrons. The van der Waals surface area contributed by atoms with Gasteiger partial charge in [-0.1, -0.05) is 99.5 Å². The van der Waals surface area contributed by atoms with Crippen molar-refractivity contribution in [3.8, 4) is 5.75 Å². The van der Waals surface area contributed by atoms with Gasteiger partial charge in [0.2, 0.25) is 11.9 Å². The van der Waals surface area contributed by atoms with E-state index in [-0.39, 0.29) is 17.7 Å². The van der Waals surface area contributed by atoms with Crippen molar-refractivity contribution >= 4 is 40.8 Å². The summed E-state index contributed by atoms with van der Waals surface area (Å²) in [5, 5.41) is 9.08. The number of thioether (sulfide) groups is 1. The first-order chi connectivity index (χ1) is 28.2. The molecule has 1 saturated heterocycles. The summed E-state index contributed by atoms with van der Waals surface area (Å²) >= 11 is 1.41. The Hall–Kier alpha value is -5.22. The van der Waals surface area contributed by atoms with Crippen LogP contribution in [-0.4, -0.2) is 75.3 Å². The van der Waals surface area contributed by atoms with E-state index in [1.165, 1.54) is 31.9 Å². The number of nitrogens with one attached hydrogen (secondary N) is 3. The van der Waals surface area contributed by atoms with Crippen molar-refractivity contribution in [3.05, 3.63) is 118 Å². The van der Waals surface area contributed by atoms with Crippen LogP contribution in [0.15, 0.2) is 96.1 Å². The standard InChI is InChI=1S/C43H51N7O7S/c1-6-8-24-45-43(46-25-9-7-2)48-41-47-38-35(39(53)50(41)43)44-27-49(38)40-37(57-29(4)52)36(56-28(3)51)34(58-40)26-55-42(30-16-12-10-13-17-30,31-18-14-11-15-19-31)32-20-22-33(54-5)23-21-32/h10-23,27,34,36-37,40,45-46H,6-9,24-26H2,1-5H3,(H,47,48)/t34-,36-,37-,40-/m1/s1. The molecule has 4 heterocycles. The Bertz CT molecular complexity index is 2200. The van der Waals surface area contributed by atoms with E-state index < -0.39 is 46.3 Å². The van der Waals surface area contributed by atoms with Crippen molar-refractivity contribution in [2.24, 2.45) is 0 Å². The highest BCUT2D eigenvalue weighted by Gasteiger charge is 2.52. The molecule has 14 nitrogen and oxygen atoms in total. The molecule has 5 aromatic rings. The van der Waals surface area contributed by atoms with E-state index in [1.807, 2.05) is 84.9 Å². The third kappa shape index (κ3) is 7.83. The largest absolute Gasteiger partial charge is 0.497 e. The van der Waals surface area contributed by atoms with Crippen molar-refractivity contribution in [2.75, 3.05) is 32.1 Å². The van der Waals surface area contributed by atoms with Gasteiger partial charge in [0, 0.05) is 26.9 Å². The van der Waals surface area contributed by atoms with Gasteiger partial charge in [-0.05, 0) is 41.7 Å². The van der Waals surface area contributed by atoms with E-state index in [9.17, 15) is 14.4 Å². The normalized spacial score (nSPS) is 19.5. The highest BCUT2D eigenvalue weighted by atomic mass is 32.2. The van der Waals surface area contributed by atoms with Gasteiger partial charge in [0.25, 0.3) is 5.56 Å². The molecule has 0 spiro atoms. The van der Waals surface area contributed by atoms with Crippen molar-refractivity contribution < 1.29 is 28.5 Å². The minimum Gasteiger partial charge on any atom is -0.497 e. The topological polar surface area (TPSA) is 160 Å². The van der Waals surface area contributed by atoms with Gasteiger partial charge < -0.3 is 24.3 Å². The van der Waals surface area contributed by atoms with E-state index in [4.69, 9.17) is 23.9 Å². The molecule has 0 amide bonds. The van der Waals surface area contributed by atoms with Gasteiger partial charge in [-0.3, -0.25) is 29.6 Å². The van der Waals surface area contributed by atoms with Gasteiger partial charge >= 0.3 is 11.9 Å². The zero-order valence-electron chi connectivity index (χ0n) is 33.5. The molecule has 15 heteroatoms. The smallest absolute Gasteiger partial charge is 0.303 e. The lowest BCUT2D eigenvalue weighted by molar-refractivity contribution is -0.166. The van der Waals surface area contributed by atoms with Crippen molar-refractivity contribution in [2.45, 2.75) is 87.7 Å². The van der Waals surface area contributed by atoms with Crippen LogP contribution in [0.3, 0.4) is 0 Å². The maximum Gasteiger partial charge on any atom is 0.303 e. The number of anilines is 1. The monoisotopic (exact) mass is 809 g/mol. The Balaban J connectivity index is 1.28. The summed E-state index contributed by atoms with van der Waals surface area (Å²) in [7, 11) is 1.62. The lowest BCUT2D eigenvalue weighted by Crippen LogP contribution is -2.73. The Morgan fingerprint density at radius 1 is 0.845 bits per heavy atom. The first kappa shape index (κ1) is 41.0. The SMILES string of the molecule is CCCCNC1(NCCCC)Nc2nc3c(ncn3[C@@H]3S[C@H](COC(c4ccccc4)(c4ccccc4)c4ccc(OC)cc4)[C@@H](OC(C)=O)[C@H]3OC(C)=O)c(=O)n21. The molecule has 1 fully saturated rings. The number of nitrogens with zero attached hydrogens (tertiary/aromatic N) is 4. The van der Waals surface area contributed by atoms with E-state index >= 15 is 0 Å². The molecule has 3 N–H and O–H groups in total. The van der Waals surface area contributed by atoms with Gasteiger partial charge in [0.15, 0.2) is 23.4 Å². The fraction of sp³-hybridized carbons (Fsp3) is 0.419. The fourth-order valence-electron chi connectivity index (χ4n) is 7.76. The van der Waals surface area contributed by atoms with E-state index in [0.29, 0.717) is 30.4 Å². The summed E-state index contributed by atoms with van der Waals surface area (Å²) < 4.78 is 28.0. The fourth-order valence-corrected chi connectivity index (χ4v) is 9.28. The molecule has 7 rings (SSSR count). The molecule has 2 aliphatic heterocycles. The zero-order valence-corrected chi connectivity index (χ0v) is 34.3. The number of fused-ring (bicyclic) bond motifs is 2. The number of benzene rings is 3. The number of aromatic nitrogens is 4. The van der Waals surface area contributed by atoms with Crippen LogP contribution in [0, 0.1) is 0 Å². The number of rotatable bonds is 18. The minimum atomic E-state index is -1.11. The number of imidazole rings is 1. The third-order valence-corrected chi connectivity index (χ3v) is 12.1. The molecular formula is C43H51N7O7S. The van der Waals surface area contributed by atoms with Crippen LogP contribution in [0.2, 0.25) is 0 Å². The van der Waals surface area contributed by atoms with E-state index in [0.717, 1.165) is 42.4 Å². The van der Waals surface area contributed by atoms with Gasteiger partial charge in [-0.15, -0.1) is 11.8 Å². The first-order valence-corrected chi connectivity index (χ1v) is 20.8. The van der Waals surface area contributed by atoms with Crippen LogP contribution in [0.25, 0.3) is 11.2 Å². The maximum atomic E-state index is 14.2. The van der Waals surface area contributed by atoms with Crippen LogP contribution in [-0.2, 0) is 35.3 Å². The average molecular weight is 810 g/mol. The van der Waals surface area contributed by atoms with Gasteiger partial charge in [0.1, 0.15) is 16.7 Å². The van der Waals surface area contributed by atoms with Crippen LogP contribution in [0.4, 0.5) is 5.95 Å². The minimum absolute atomic E-state index is 0.0573. The molecule has 0 aliphatic carbocycles. The molecule has 2 aromatic heterocycles. The number of ether oxygens (including phenoxy) is 4. The summed E-state index contributed by atoms with van der Waals surface area (Å²) in [6.45, 7) is 8.28. The second kappa shape index (κ2) is 17.7. The average Bonchev–Trinajstić information content (AvgIpc) is 3.79. The maximum absolute atomic E-state index is 14.2. The van der Waals surface area contributed by atoms with E-state index in [2.05, 4.69) is 34.8 Å². The second-order valence-corrected chi connectivity index (χ2v) is 15.8. The highest BCUT2D eigenvalue weighted by molar-refractivity contribution is 8.00. The molecule has 0 unspecified atom stereocenters. The predicted molar refractivity (Wildman–Crippen MR) is 222 cm³/mol. The molecule has 0 saturated carbocycles. The van der Waals surface area contributed by atoms with Crippen molar-refractivity contribution in [3.63, 3.8) is 0 Å². The summed E-state index contributed by atoms with van der Waals surface area (Å²) in [6.07, 6.45) is 3.46. The lowest BCUT2D eigenvalue weighted by Gasteiger charge is -2.46. The van der Waals surface area contributed by atoms with E-state index in [1.54, 1.807) is 16.2 Å². The zero-order chi connectivity index (χ0) is 40.9. The Morgan fingerprint density at radius 3 is 1.97 bits per heavy atom. The number of methoxy groups -OCH3 is 1. The number of hydrogen-bond donors (Lipinski definition) is 3. The summed E-state index contributed by atoms with van der Waals surface area (Å²) in [6, 6.07) is 27.6. The van der Waals surface area contributed by atoms with Crippen LogP contribution in [0.5, 0.6) is 5.75 Å². The Labute approximate surface area is 342 Å². The number of unbranched alkanes of at least 4 members (excludes halogenated alkanes) is 2. The molecule has 4 atom stereocenters.